The molecule has 2 atom stereocenters. The first-order valence-electron chi connectivity index (χ1n) is 5.00. The van der Waals surface area contributed by atoms with Gasteiger partial charge in [0.25, 0.3) is 0 Å². The maximum atomic E-state index is 3.96. The molecular formula is C10H21N2. The lowest BCUT2D eigenvalue weighted by molar-refractivity contribution is 0.284. The molecule has 0 aromatic carbocycles. The van der Waals surface area contributed by atoms with E-state index < -0.39 is 0 Å². The number of nitrogens with one attached hydrogen (secondary N) is 2. The number of hydrogen-bond acceptors (Lipinski definition) is 2. The van der Waals surface area contributed by atoms with Gasteiger partial charge < -0.3 is 10.6 Å². The van der Waals surface area contributed by atoms with Crippen molar-refractivity contribution in [1.29, 1.82) is 0 Å². The fourth-order valence-corrected chi connectivity index (χ4v) is 1.86. The van der Waals surface area contributed by atoms with Crippen LogP contribution in [0.25, 0.3) is 0 Å². The summed E-state index contributed by atoms with van der Waals surface area (Å²) >= 11 is 0. The fraction of sp³-hybridized carbons (Fsp3) is 0.900. The van der Waals surface area contributed by atoms with E-state index in [1.807, 2.05) is 0 Å². The molecule has 1 fully saturated rings. The van der Waals surface area contributed by atoms with Gasteiger partial charge in [-0.2, -0.15) is 0 Å². The van der Waals surface area contributed by atoms with Crippen molar-refractivity contribution in [3.05, 3.63) is 6.92 Å². The Labute approximate surface area is 76.1 Å². The minimum absolute atomic E-state index is 0.584. The van der Waals surface area contributed by atoms with Crippen LogP contribution in [0.1, 0.15) is 26.7 Å². The summed E-state index contributed by atoms with van der Waals surface area (Å²) in [6.07, 6.45) is 2.25. The number of piperazine rings is 1. The van der Waals surface area contributed by atoms with E-state index in [0.717, 1.165) is 25.4 Å². The molecule has 71 valence electrons. The predicted molar refractivity (Wildman–Crippen MR) is 53.0 cm³/mol. The molecule has 1 heterocycles. The third-order valence-corrected chi connectivity index (χ3v) is 2.46. The highest BCUT2D eigenvalue weighted by atomic mass is 15.1. The van der Waals surface area contributed by atoms with E-state index in [9.17, 15) is 0 Å². The topological polar surface area (TPSA) is 24.1 Å². The first kappa shape index (κ1) is 10.0. The lowest BCUT2D eigenvalue weighted by Gasteiger charge is -2.34. The van der Waals surface area contributed by atoms with Gasteiger partial charge >= 0.3 is 0 Å². The minimum atomic E-state index is 0.584. The van der Waals surface area contributed by atoms with Crippen molar-refractivity contribution in [3.63, 3.8) is 0 Å². The zero-order chi connectivity index (χ0) is 8.97. The Morgan fingerprint density at radius 1 is 1.25 bits per heavy atom. The molecule has 2 unspecified atom stereocenters. The second kappa shape index (κ2) is 4.83. The van der Waals surface area contributed by atoms with Crippen molar-refractivity contribution in [1.82, 2.24) is 10.6 Å². The summed E-state index contributed by atoms with van der Waals surface area (Å²) < 4.78 is 0. The number of hydrogen-bond donors (Lipinski definition) is 2. The molecule has 1 rings (SSSR count). The molecule has 0 amide bonds. The van der Waals surface area contributed by atoms with Crippen LogP contribution in [0.4, 0.5) is 0 Å². The Balaban J connectivity index is 2.36. The van der Waals surface area contributed by atoms with Gasteiger partial charge in [0.15, 0.2) is 0 Å². The maximum absolute atomic E-state index is 3.96. The van der Waals surface area contributed by atoms with Gasteiger partial charge in [0, 0.05) is 25.2 Å². The monoisotopic (exact) mass is 169 g/mol. The summed E-state index contributed by atoms with van der Waals surface area (Å²) in [7, 11) is 0. The third-order valence-electron chi connectivity index (χ3n) is 2.46. The van der Waals surface area contributed by atoms with Gasteiger partial charge in [-0.25, -0.2) is 0 Å². The van der Waals surface area contributed by atoms with Crippen molar-refractivity contribution >= 4 is 0 Å². The molecule has 0 aromatic rings. The van der Waals surface area contributed by atoms with Gasteiger partial charge in [0.05, 0.1) is 0 Å². The van der Waals surface area contributed by atoms with Crippen LogP contribution in [0.5, 0.6) is 0 Å². The van der Waals surface area contributed by atoms with Crippen molar-refractivity contribution in [2.75, 3.05) is 13.1 Å². The van der Waals surface area contributed by atoms with E-state index in [0.29, 0.717) is 12.1 Å². The summed E-state index contributed by atoms with van der Waals surface area (Å²) in [5.74, 6) is 0.774. The predicted octanol–water partition coefficient (Wildman–Crippen LogP) is 1.19. The molecule has 0 aliphatic carbocycles. The van der Waals surface area contributed by atoms with Crippen LogP contribution in [-0.4, -0.2) is 25.2 Å². The molecule has 0 aromatic heterocycles. The molecule has 0 bridgehead atoms. The molecule has 2 N–H and O–H groups in total. The fourth-order valence-electron chi connectivity index (χ4n) is 1.86. The second-order valence-electron chi connectivity index (χ2n) is 4.04. The Hall–Kier alpha value is -0.0800. The van der Waals surface area contributed by atoms with E-state index in [1.165, 1.54) is 6.42 Å². The van der Waals surface area contributed by atoms with Gasteiger partial charge in [-0.1, -0.05) is 20.8 Å². The molecule has 2 nitrogen and oxygen atoms in total. The molecule has 12 heavy (non-hydrogen) atoms. The normalized spacial score (nSPS) is 31.0. The van der Waals surface area contributed by atoms with Crippen molar-refractivity contribution < 1.29 is 0 Å². The lowest BCUT2D eigenvalue weighted by Crippen LogP contribution is -2.56. The maximum Gasteiger partial charge on any atom is 0.0224 e. The summed E-state index contributed by atoms with van der Waals surface area (Å²) in [5, 5.41) is 7.05. The lowest BCUT2D eigenvalue weighted by atomic mass is 9.94. The van der Waals surface area contributed by atoms with Gasteiger partial charge in [-0.15, -0.1) is 0 Å². The second-order valence-corrected chi connectivity index (χ2v) is 4.04. The van der Waals surface area contributed by atoms with E-state index in [2.05, 4.69) is 31.4 Å². The van der Waals surface area contributed by atoms with Crippen molar-refractivity contribution in [2.45, 2.75) is 38.8 Å². The van der Waals surface area contributed by atoms with Crippen LogP contribution in [0.3, 0.4) is 0 Å². The third kappa shape index (κ3) is 2.76. The highest BCUT2D eigenvalue weighted by Crippen LogP contribution is 2.12. The highest BCUT2D eigenvalue weighted by molar-refractivity contribution is 4.87. The van der Waals surface area contributed by atoms with Crippen LogP contribution in [0.15, 0.2) is 0 Å². The van der Waals surface area contributed by atoms with Crippen LogP contribution in [0.2, 0.25) is 0 Å². The van der Waals surface area contributed by atoms with Crippen molar-refractivity contribution in [3.8, 4) is 0 Å². The highest BCUT2D eigenvalue weighted by Gasteiger charge is 2.22. The molecular weight excluding hydrogens is 148 g/mol. The zero-order valence-electron chi connectivity index (χ0n) is 8.27. The van der Waals surface area contributed by atoms with Gasteiger partial charge in [-0.3, -0.25) is 0 Å². The quantitative estimate of drug-likeness (QED) is 0.663. The van der Waals surface area contributed by atoms with Gasteiger partial charge in [-0.05, 0) is 18.8 Å². The molecule has 1 saturated heterocycles. The average Bonchev–Trinajstić information content (AvgIpc) is 2.04. The molecule has 1 radical (unpaired) electrons. The summed E-state index contributed by atoms with van der Waals surface area (Å²) in [4.78, 5) is 0. The Bertz CT molecular complexity index is 123. The Kier molecular flexibility index (Phi) is 4.02. The molecule has 0 spiro atoms. The van der Waals surface area contributed by atoms with E-state index in [-0.39, 0.29) is 0 Å². The summed E-state index contributed by atoms with van der Waals surface area (Å²) in [5.41, 5.74) is 0. The van der Waals surface area contributed by atoms with E-state index in [4.69, 9.17) is 0 Å². The van der Waals surface area contributed by atoms with Crippen molar-refractivity contribution in [2.24, 2.45) is 5.92 Å². The van der Waals surface area contributed by atoms with Crippen LogP contribution in [-0.2, 0) is 0 Å². The number of rotatable bonds is 3. The molecule has 1 aliphatic rings. The first-order valence-corrected chi connectivity index (χ1v) is 5.00. The Morgan fingerprint density at radius 2 is 1.83 bits per heavy atom. The largest absolute Gasteiger partial charge is 0.311 e. The van der Waals surface area contributed by atoms with Crippen LogP contribution >= 0.6 is 0 Å². The first-order chi connectivity index (χ1) is 5.74. The summed E-state index contributed by atoms with van der Waals surface area (Å²) in [6.45, 7) is 10.7. The SMILES string of the molecule is [CH2]CC1NCCNC1CC(C)C. The Morgan fingerprint density at radius 3 is 2.33 bits per heavy atom. The summed E-state index contributed by atoms with van der Waals surface area (Å²) in [6, 6.07) is 1.22. The zero-order valence-corrected chi connectivity index (χ0v) is 8.27. The standard InChI is InChI=1S/C10H21N2/c1-4-9-10(7-8(2)3)12-6-5-11-9/h8-12H,1,4-7H2,2-3H3. The van der Waals surface area contributed by atoms with E-state index in [1.54, 1.807) is 0 Å². The molecule has 2 heteroatoms. The molecule has 1 aliphatic heterocycles. The van der Waals surface area contributed by atoms with Gasteiger partial charge in [0.2, 0.25) is 0 Å². The van der Waals surface area contributed by atoms with Crippen LogP contribution in [0, 0.1) is 12.8 Å². The smallest absolute Gasteiger partial charge is 0.0224 e. The van der Waals surface area contributed by atoms with Gasteiger partial charge in [0.1, 0.15) is 0 Å². The van der Waals surface area contributed by atoms with Crippen LogP contribution < -0.4 is 10.6 Å². The molecule has 0 saturated carbocycles. The van der Waals surface area contributed by atoms with E-state index >= 15 is 0 Å². The minimum Gasteiger partial charge on any atom is -0.311 e. The average molecular weight is 169 g/mol.